The summed E-state index contributed by atoms with van der Waals surface area (Å²) in [5.74, 6) is 2.39. The van der Waals surface area contributed by atoms with E-state index in [0.717, 1.165) is 57.7 Å². The summed E-state index contributed by atoms with van der Waals surface area (Å²) in [6.45, 7) is 8.09. The summed E-state index contributed by atoms with van der Waals surface area (Å²) in [6.07, 6.45) is 5.81. The van der Waals surface area contributed by atoms with E-state index < -0.39 is 0 Å². The molecule has 2 aromatic rings. The molecule has 1 aromatic carbocycles. The van der Waals surface area contributed by atoms with Crippen LogP contribution in [-0.2, 0) is 24.2 Å². The molecule has 1 saturated heterocycles. The molecule has 32 heavy (non-hydrogen) atoms. The first-order valence-corrected chi connectivity index (χ1v) is 11.4. The monoisotopic (exact) mass is 553 g/mol. The van der Waals surface area contributed by atoms with Crippen molar-refractivity contribution < 1.29 is 4.79 Å². The molecule has 0 bridgehead atoms. The van der Waals surface area contributed by atoms with Gasteiger partial charge in [0.2, 0.25) is 5.91 Å². The van der Waals surface area contributed by atoms with Crippen LogP contribution < -0.4 is 10.6 Å². The van der Waals surface area contributed by atoms with Gasteiger partial charge in [0, 0.05) is 39.1 Å². The van der Waals surface area contributed by atoms with Gasteiger partial charge in [0.15, 0.2) is 5.96 Å². The quantitative estimate of drug-likeness (QED) is 0.283. The number of hydrogen-bond acceptors (Lipinski definition) is 4. The number of aromatic nitrogens is 3. The first-order valence-electron chi connectivity index (χ1n) is 11.4. The molecule has 1 amide bonds. The molecular formula is C23H36IN7O. The zero-order valence-corrected chi connectivity index (χ0v) is 21.5. The first-order chi connectivity index (χ1) is 15.2. The zero-order chi connectivity index (χ0) is 21.9. The number of piperidine rings is 1. The molecule has 176 valence electrons. The number of likely N-dealkylation sites (tertiary alicyclic amines) is 1. The molecule has 0 spiro atoms. The first kappa shape index (κ1) is 26.1. The Morgan fingerprint density at radius 3 is 2.59 bits per heavy atom. The molecule has 0 aliphatic carbocycles. The average molecular weight is 553 g/mol. The molecule has 2 N–H and O–H groups in total. The Morgan fingerprint density at radius 1 is 1.16 bits per heavy atom. The van der Waals surface area contributed by atoms with Gasteiger partial charge in [-0.25, -0.2) is 4.99 Å². The van der Waals surface area contributed by atoms with Crippen LogP contribution in [0.15, 0.2) is 41.7 Å². The lowest BCUT2D eigenvalue weighted by Crippen LogP contribution is -2.42. The Bertz CT molecular complexity index is 832. The van der Waals surface area contributed by atoms with Gasteiger partial charge < -0.3 is 20.1 Å². The lowest BCUT2D eigenvalue weighted by atomic mass is 9.90. The number of carbonyl (C=O) groups is 1. The van der Waals surface area contributed by atoms with Crippen LogP contribution in [0.5, 0.6) is 0 Å². The van der Waals surface area contributed by atoms with Gasteiger partial charge in [0.05, 0.1) is 0 Å². The van der Waals surface area contributed by atoms with E-state index in [1.807, 2.05) is 16.4 Å². The second kappa shape index (κ2) is 14.1. The van der Waals surface area contributed by atoms with E-state index in [0.29, 0.717) is 18.4 Å². The highest BCUT2D eigenvalue weighted by atomic mass is 127. The number of aryl methyl sites for hydroxylation is 1. The number of benzene rings is 1. The SMILES string of the molecule is CCNC(=NCC(=O)N1CCC(Cc2ccccc2)CC1)NCCn1cnnc1CC.I. The van der Waals surface area contributed by atoms with Crippen LogP contribution in [0.2, 0.25) is 0 Å². The van der Waals surface area contributed by atoms with Crippen LogP contribution in [0.25, 0.3) is 0 Å². The number of aliphatic imine (C=N–C) groups is 1. The highest BCUT2D eigenvalue weighted by Gasteiger charge is 2.22. The summed E-state index contributed by atoms with van der Waals surface area (Å²) in [5, 5.41) is 14.6. The van der Waals surface area contributed by atoms with Crippen LogP contribution in [0.4, 0.5) is 0 Å². The zero-order valence-electron chi connectivity index (χ0n) is 19.2. The van der Waals surface area contributed by atoms with Gasteiger partial charge in [-0.2, -0.15) is 0 Å². The van der Waals surface area contributed by atoms with Crippen LogP contribution in [-0.4, -0.2) is 64.3 Å². The third-order valence-corrected chi connectivity index (χ3v) is 5.71. The second-order valence-corrected chi connectivity index (χ2v) is 7.93. The second-order valence-electron chi connectivity index (χ2n) is 7.93. The lowest BCUT2D eigenvalue weighted by molar-refractivity contribution is -0.130. The maximum atomic E-state index is 12.7. The third-order valence-electron chi connectivity index (χ3n) is 5.71. The average Bonchev–Trinajstić information content (AvgIpc) is 3.26. The van der Waals surface area contributed by atoms with Crippen LogP contribution in [0, 0.1) is 5.92 Å². The molecule has 9 heteroatoms. The van der Waals surface area contributed by atoms with Gasteiger partial charge in [-0.05, 0) is 37.7 Å². The highest BCUT2D eigenvalue weighted by Crippen LogP contribution is 2.21. The van der Waals surface area contributed by atoms with Crippen molar-refractivity contribution in [1.29, 1.82) is 0 Å². The molecule has 8 nitrogen and oxygen atoms in total. The maximum absolute atomic E-state index is 12.7. The third kappa shape index (κ3) is 8.07. The fourth-order valence-electron chi connectivity index (χ4n) is 3.96. The minimum Gasteiger partial charge on any atom is -0.357 e. The van der Waals surface area contributed by atoms with E-state index >= 15 is 0 Å². The van der Waals surface area contributed by atoms with E-state index in [4.69, 9.17) is 0 Å². The van der Waals surface area contributed by atoms with Gasteiger partial charge in [-0.15, -0.1) is 34.2 Å². The molecule has 1 aliphatic heterocycles. The number of guanidine groups is 1. The van der Waals surface area contributed by atoms with Crippen molar-refractivity contribution >= 4 is 35.8 Å². The van der Waals surface area contributed by atoms with Crippen molar-refractivity contribution in [3.63, 3.8) is 0 Å². The lowest BCUT2D eigenvalue weighted by Gasteiger charge is -2.32. The molecule has 1 fully saturated rings. The summed E-state index contributed by atoms with van der Waals surface area (Å²) in [7, 11) is 0. The van der Waals surface area contributed by atoms with Crippen molar-refractivity contribution in [2.24, 2.45) is 10.9 Å². The molecule has 0 radical (unpaired) electrons. The van der Waals surface area contributed by atoms with E-state index in [1.54, 1.807) is 6.33 Å². The van der Waals surface area contributed by atoms with E-state index in [2.05, 4.69) is 63.1 Å². The number of carbonyl (C=O) groups excluding carboxylic acids is 1. The van der Waals surface area contributed by atoms with Crippen LogP contribution >= 0.6 is 24.0 Å². The Labute approximate surface area is 208 Å². The molecule has 0 saturated carbocycles. The van der Waals surface area contributed by atoms with Gasteiger partial charge in [-0.1, -0.05) is 37.3 Å². The van der Waals surface area contributed by atoms with E-state index in [-0.39, 0.29) is 36.4 Å². The molecule has 0 unspecified atom stereocenters. The molecule has 2 heterocycles. The number of halogens is 1. The van der Waals surface area contributed by atoms with Crippen molar-refractivity contribution in [3.8, 4) is 0 Å². The Balaban J connectivity index is 0.00000363. The van der Waals surface area contributed by atoms with Gasteiger partial charge >= 0.3 is 0 Å². The Hall–Kier alpha value is -2.17. The van der Waals surface area contributed by atoms with Crippen molar-refractivity contribution in [2.75, 3.05) is 32.7 Å². The maximum Gasteiger partial charge on any atom is 0.244 e. The summed E-state index contributed by atoms with van der Waals surface area (Å²) < 4.78 is 2.03. The smallest absolute Gasteiger partial charge is 0.244 e. The largest absolute Gasteiger partial charge is 0.357 e. The predicted molar refractivity (Wildman–Crippen MR) is 138 cm³/mol. The fraction of sp³-hybridized carbons (Fsp3) is 0.565. The highest BCUT2D eigenvalue weighted by molar-refractivity contribution is 14.0. The Kier molecular flexibility index (Phi) is 11.5. The summed E-state index contributed by atoms with van der Waals surface area (Å²) in [4.78, 5) is 19.1. The van der Waals surface area contributed by atoms with Gasteiger partial charge in [0.1, 0.15) is 18.7 Å². The Morgan fingerprint density at radius 2 is 1.91 bits per heavy atom. The molecular weight excluding hydrogens is 517 g/mol. The number of nitrogens with one attached hydrogen (secondary N) is 2. The number of rotatable bonds is 9. The standard InChI is InChI=1S/C23H35N7O.HI/c1-3-21-28-27-18-30(21)15-12-25-23(24-4-2)26-17-22(31)29-13-10-20(11-14-29)16-19-8-6-5-7-9-19;/h5-9,18,20H,3-4,10-17H2,1-2H3,(H2,24,25,26);1H. The predicted octanol–water partition coefficient (Wildman–Crippen LogP) is 2.49. The van der Waals surface area contributed by atoms with Crippen molar-refractivity contribution in [2.45, 2.75) is 46.1 Å². The van der Waals surface area contributed by atoms with E-state index in [9.17, 15) is 4.79 Å². The summed E-state index contributed by atoms with van der Waals surface area (Å²) in [6, 6.07) is 10.6. The number of amides is 1. The number of hydrogen-bond donors (Lipinski definition) is 2. The molecule has 0 atom stereocenters. The van der Waals surface area contributed by atoms with Crippen LogP contribution in [0.3, 0.4) is 0 Å². The topological polar surface area (TPSA) is 87.4 Å². The minimum absolute atomic E-state index is 0. The molecule has 1 aliphatic rings. The summed E-state index contributed by atoms with van der Waals surface area (Å²) >= 11 is 0. The number of nitrogens with zero attached hydrogens (tertiary/aromatic N) is 5. The minimum atomic E-state index is 0. The normalized spacial score (nSPS) is 14.7. The van der Waals surface area contributed by atoms with Gasteiger partial charge in [-0.3, -0.25) is 4.79 Å². The van der Waals surface area contributed by atoms with Crippen molar-refractivity contribution in [3.05, 3.63) is 48.0 Å². The van der Waals surface area contributed by atoms with Crippen LogP contribution in [0.1, 0.15) is 38.1 Å². The molecule has 3 rings (SSSR count). The molecule has 1 aromatic heterocycles. The fourth-order valence-corrected chi connectivity index (χ4v) is 3.96. The summed E-state index contributed by atoms with van der Waals surface area (Å²) in [5.41, 5.74) is 1.38. The van der Waals surface area contributed by atoms with Gasteiger partial charge in [0.25, 0.3) is 0 Å². The van der Waals surface area contributed by atoms with E-state index in [1.165, 1.54) is 5.56 Å². The van der Waals surface area contributed by atoms with Crippen molar-refractivity contribution in [1.82, 2.24) is 30.3 Å².